The molecule has 20 heteroatoms. The van der Waals surface area contributed by atoms with E-state index in [9.17, 15) is 33.9 Å². The van der Waals surface area contributed by atoms with Crippen LogP contribution in [0.4, 0.5) is 0 Å². The number of carbonyl (C=O) groups excluding carboxylic acids is 6. The van der Waals surface area contributed by atoms with Gasteiger partial charge >= 0.3 is 35.8 Å². The van der Waals surface area contributed by atoms with Gasteiger partial charge in [0.2, 0.25) is 0 Å². The highest BCUT2D eigenvalue weighted by molar-refractivity contribution is 5.68. The average Bonchev–Trinajstić information content (AvgIpc) is 0.809. The van der Waals surface area contributed by atoms with Gasteiger partial charge in [0.15, 0.2) is 0 Å². The molecule has 0 spiro atoms. The second-order valence-corrected chi connectivity index (χ2v) is 26.7. The van der Waals surface area contributed by atoms with E-state index < -0.39 is 54.5 Å². The fraction of sp³-hybridized carbons (Fsp3) is 0.494. The highest BCUT2D eigenvalue weighted by Crippen LogP contribution is 2.44. The molecule has 5 aromatic rings. The molecular formula is C83H104O20. The normalized spacial score (nSPS) is 28.4. The van der Waals surface area contributed by atoms with Crippen molar-refractivity contribution in [2.24, 2.45) is 41.4 Å². The molecule has 4 aliphatic rings. The fourth-order valence-electron chi connectivity index (χ4n) is 13.1. The van der Waals surface area contributed by atoms with Crippen LogP contribution in [0.1, 0.15) is 142 Å². The summed E-state index contributed by atoms with van der Waals surface area (Å²) in [6.45, 7) is 28.0. The van der Waals surface area contributed by atoms with Crippen molar-refractivity contribution in [3.63, 3.8) is 0 Å². The summed E-state index contributed by atoms with van der Waals surface area (Å²) < 4.78 is 75.0. The molecule has 0 saturated carbocycles. The quantitative estimate of drug-likeness (QED) is 0.0276. The lowest BCUT2D eigenvalue weighted by atomic mass is 9.79. The molecule has 4 fully saturated rings. The highest BCUT2D eigenvalue weighted by atomic mass is 16.6. The Kier molecular flexibility index (Phi) is 34.1. The summed E-state index contributed by atoms with van der Waals surface area (Å²) in [5, 5.41) is 9.71. The van der Waals surface area contributed by atoms with Crippen molar-refractivity contribution >= 4 is 35.8 Å². The standard InChI is InChI=1S/C30H32O4.C20H24O5.C18H24O6.C15H24O5/c1-3-27-23(2)29(32-20-25-15-9-5-10-16-25)30(33-21-26-17-11-6-12-18-26)28(34-27)22-31-19-24-13-7-4-8-14-24;1-6-16-7-9-17(10-8-16)19-12(2)13(3)20(24-15(5)22)18(25-19)11-23-14(4)21;1-10-11(2)18(23-13(4)20)16(9-22-12(3)19)24-17(10)14-6-5-7-15(21)8-14;1-6-7-13-9(2)10(3)15(19-12(5)17)14(20-13)8-18-11(4)16/h1,4-18,23,27-30H,19-22H2,2H3;1,7-10,12-13,18-20H,11H2,2-5H3;5-8,10-11,16-18,21H,9H2,1-4H3;6,9-10,13-15H,1,7-8H2,2-5H3/t23-,27-,28-,29-,30-;12-,13+,18+,19-,20-;10-,11+,16+,17-,18-;9-,10+,13+,14+,15-/m1000/s1. The molecule has 556 valence electrons. The Morgan fingerprint density at radius 2 is 0.835 bits per heavy atom. The molecule has 0 amide bonds. The second-order valence-electron chi connectivity index (χ2n) is 26.7. The van der Waals surface area contributed by atoms with Crippen LogP contribution in [0.15, 0.2) is 152 Å². The Labute approximate surface area is 608 Å². The van der Waals surface area contributed by atoms with Gasteiger partial charge in [0.25, 0.3) is 0 Å². The molecule has 5 aromatic carbocycles. The van der Waals surface area contributed by atoms with Gasteiger partial charge in [-0.25, -0.2) is 0 Å². The molecule has 103 heavy (non-hydrogen) atoms. The van der Waals surface area contributed by atoms with Gasteiger partial charge in [-0.05, 0) is 76.3 Å². The lowest BCUT2D eigenvalue weighted by molar-refractivity contribution is -0.231. The Morgan fingerprint density at radius 1 is 0.427 bits per heavy atom. The van der Waals surface area contributed by atoms with Gasteiger partial charge in [0, 0.05) is 70.8 Å². The number of phenolic OH excluding ortho intramolecular Hbond substituents is 1. The number of carbonyl (C=O) groups is 6. The minimum atomic E-state index is -0.559. The van der Waals surface area contributed by atoms with Crippen LogP contribution in [0.25, 0.3) is 0 Å². The van der Waals surface area contributed by atoms with Gasteiger partial charge in [-0.3, -0.25) is 28.8 Å². The number of hydrogen-bond acceptors (Lipinski definition) is 20. The molecule has 20 atom stereocenters. The number of rotatable bonds is 23. The highest BCUT2D eigenvalue weighted by Gasteiger charge is 2.48. The number of hydrogen-bond donors (Lipinski definition) is 1. The Bertz CT molecular complexity index is 3530. The summed E-state index contributed by atoms with van der Waals surface area (Å²) in [7, 11) is 0. The summed E-state index contributed by atoms with van der Waals surface area (Å²) in [5.74, 6) is 3.75. The zero-order valence-electron chi connectivity index (χ0n) is 61.6. The molecule has 1 N–H and O–H groups in total. The van der Waals surface area contributed by atoms with Crippen LogP contribution in [-0.4, -0.2) is 134 Å². The van der Waals surface area contributed by atoms with E-state index in [2.05, 4.69) is 63.5 Å². The van der Waals surface area contributed by atoms with Crippen LogP contribution in [0.2, 0.25) is 0 Å². The third-order valence-electron chi connectivity index (χ3n) is 19.1. The number of aromatic hydroxyl groups is 1. The van der Waals surface area contributed by atoms with Gasteiger partial charge in [-0.1, -0.05) is 182 Å². The monoisotopic (exact) mass is 1420 g/mol. The van der Waals surface area contributed by atoms with Gasteiger partial charge in [0.1, 0.15) is 80.5 Å². The van der Waals surface area contributed by atoms with Crippen LogP contribution in [0.3, 0.4) is 0 Å². The van der Waals surface area contributed by atoms with E-state index in [0.717, 1.165) is 39.8 Å². The maximum atomic E-state index is 11.5. The SMILES string of the molecule is C#C[C@H]1O[C@H](COCc2ccccc2)[C@@H](OCc2ccccc2)[C@H](OCc2ccccc2)[C@@H]1C.C#Cc1ccc([C@H]2O[C@H](COC(C)=O)[C@@H](OC(C)=O)[C@H](C)[C@@H]2C)cc1.C=CC[C@H]1O[C@H](COC(C)=O)[C@@H](OC(C)=O)[C@H](C)[C@@H]1C.CC(=O)OC[C@H]1O[C@H](c2cccc(O)c2)[C@@H](C)[C@@H](C)[C@@H]1OC(C)=O. The Hall–Kier alpha value is -8.70. The van der Waals surface area contributed by atoms with Crippen molar-refractivity contribution in [1.29, 1.82) is 0 Å². The maximum Gasteiger partial charge on any atom is 0.303 e. The van der Waals surface area contributed by atoms with Crippen molar-refractivity contribution in [3.05, 3.63) is 186 Å². The summed E-state index contributed by atoms with van der Waals surface area (Å²) in [5.41, 5.74) is 5.95. The van der Waals surface area contributed by atoms with E-state index in [1.807, 2.05) is 131 Å². The van der Waals surface area contributed by atoms with Crippen molar-refractivity contribution in [1.82, 2.24) is 0 Å². The largest absolute Gasteiger partial charge is 0.508 e. The van der Waals surface area contributed by atoms with Gasteiger partial charge < -0.3 is 66.7 Å². The molecule has 0 aliphatic carbocycles. The first-order valence-corrected chi connectivity index (χ1v) is 35.1. The zero-order valence-corrected chi connectivity index (χ0v) is 61.6. The average molecular weight is 1420 g/mol. The smallest absolute Gasteiger partial charge is 0.303 e. The lowest BCUT2D eigenvalue weighted by Gasteiger charge is -2.44. The van der Waals surface area contributed by atoms with E-state index in [0.29, 0.717) is 26.4 Å². The molecular weight excluding hydrogens is 1320 g/mol. The number of benzene rings is 5. The van der Waals surface area contributed by atoms with Gasteiger partial charge in [-0.2, -0.15) is 0 Å². The topological polar surface area (TPSA) is 243 Å². The Morgan fingerprint density at radius 3 is 1.24 bits per heavy atom. The van der Waals surface area contributed by atoms with Crippen molar-refractivity contribution in [2.45, 2.75) is 196 Å². The summed E-state index contributed by atoms with van der Waals surface area (Å²) >= 11 is 0. The molecule has 0 bridgehead atoms. The first kappa shape index (κ1) is 83.2. The third-order valence-corrected chi connectivity index (χ3v) is 19.1. The fourth-order valence-corrected chi connectivity index (χ4v) is 13.1. The number of ether oxygens (including phenoxy) is 13. The van der Waals surface area contributed by atoms with E-state index in [1.165, 1.54) is 41.5 Å². The van der Waals surface area contributed by atoms with Crippen LogP contribution in [0, 0.1) is 66.1 Å². The minimum Gasteiger partial charge on any atom is -0.508 e. The number of esters is 6. The summed E-state index contributed by atoms with van der Waals surface area (Å²) in [6.07, 6.45) is 9.14. The zero-order chi connectivity index (χ0) is 75.3. The predicted octanol–water partition coefficient (Wildman–Crippen LogP) is 13.0. The van der Waals surface area contributed by atoms with E-state index in [4.69, 9.17) is 74.4 Å². The summed E-state index contributed by atoms with van der Waals surface area (Å²) in [6, 6.07) is 44.9. The molecule has 4 saturated heterocycles. The van der Waals surface area contributed by atoms with Crippen molar-refractivity contribution in [3.8, 4) is 30.4 Å². The Balaban J connectivity index is 0.000000220. The maximum absolute atomic E-state index is 11.5. The van der Waals surface area contributed by atoms with Crippen LogP contribution in [-0.2, 0) is 110 Å². The molecule has 0 radical (unpaired) electrons. The predicted molar refractivity (Wildman–Crippen MR) is 386 cm³/mol. The lowest BCUT2D eigenvalue weighted by Crippen LogP contribution is -2.56. The van der Waals surface area contributed by atoms with E-state index >= 15 is 0 Å². The number of terminal acetylenes is 2. The van der Waals surface area contributed by atoms with Crippen LogP contribution in [0.5, 0.6) is 5.75 Å². The molecule has 0 unspecified atom stereocenters. The minimum absolute atomic E-state index is 0.00411. The van der Waals surface area contributed by atoms with Crippen LogP contribution >= 0.6 is 0 Å². The molecule has 9 rings (SSSR count). The number of phenols is 1. The van der Waals surface area contributed by atoms with Gasteiger partial charge in [-0.15, -0.1) is 19.4 Å². The molecule has 0 aromatic heterocycles. The summed E-state index contributed by atoms with van der Waals surface area (Å²) in [4.78, 5) is 67.4. The molecule has 20 nitrogen and oxygen atoms in total. The van der Waals surface area contributed by atoms with Crippen molar-refractivity contribution < 1.29 is 95.5 Å². The van der Waals surface area contributed by atoms with E-state index in [-0.39, 0.29) is 128 Å². The molecule has 4 aliphatic heterocycles. The van der Waals surface area contributed by atoms with Gasteiger partial charge in [0.05, 0.1) is 50.8 Å². The first-order valence-electron chi connectivity index (χ1n) is 35.1. The first-order chi connectivity index (χ1) is 49.2. The molecule has 4 heterocycles. The van der Waals surface area contributed by atoms with Crippen molar-refractivity contribution in [2.75, 3.05) is 26.4 Å². The van der Waals surface area contributed by atoms with E-state index in [1.54, 1.807) is 18.2 Å². The second kappa shape index (κ2) is 42.2. The third kappa shape index (κ3) is 25.9. The van der Waals surface area contributed by atoms with Crippen LogP contribution < -0.4 is 0 Å².